The average Bonchev–Trinajstić information content (AvgIpc) is 2.46. The molecule has 19 heavy (non-hydrogen) atoms. The number of carbonyl (C=O) groups is 1. The van der Waals surface area contributed by atoms with Crippen LogP contribution in [0, 0.1) is 0 Å². The van der Waals surface area contributed by atoms with E-state index in [1.165, 1.54) is 0 Å². The van der Waals surface area contributed by atoms with Crippen LogP contribution in [0.5, 0.6) is 0 Å². The SMILES string of the molecule is O=C(O)N[C@H](CO)c1ccc(-c2ccccc2)cc1. The second-order valence-electron chi connectivity index (χ2n) is 4.17. The summed E-state index contributed by atoms with van der Waals surface area (Å²) in [6.45, 7) is -0.267. The second-order valence-corrected chi connectivity index (χ2v) is 4.17. The maximum atomic E-state index is 10.6. The van der Waals surface area contributed by atoms with E-state index in [2.05, 4.69) is 5.32 Å². The minimum atomic E-state index is -1.15. The Morgan fingerprint density at radius 3 is 2.11 bits per heavy atom. The lowest BCUT2D eigenvalue weighted by atomic mass is 10.0. The number of rotatable bonds is 4. The molecule has 0 aliphatic rings. The molecule has 98 valence electrons. The smallest absolute Gasteiger partial charge is 0.405 e. The largest absolute Gasteiger partial charge is 0.465 e. The Hall–Kier alpha value is -2.33. The molecule has 0 heterocycles. The summed E-state index contributed by atoms with van der Waals surface area (Å²) in [5.74, 6) is 0. The van der Waals surface area contributed by atoms with E-state index in [0.29, 0.717) is 0 Å². The minimum absolute atomic E-state index is 0.267. The molecule has 2 aromatic carbocycles. The molecule has 4 heteroatoms. The predicted octanol–water partition coefficient (Wildman–Crippen LogP) is 2.65. The predicted molar refractivity (Wildman–Crippen MR) is 72.9 cm³/mol. The number of hydrogen-bond acceptors (Lipinski definition) is 2. The van der Waals surface area contributed by atoms with Gasteiger partial charge in [-0.1, -0.05) is 54.6 Å². The highest BCUT2D eigenvalue weighted by Gasteiger charge is 2.12. The summed E-state index contributed by atoms with van der Waals surface area (Å²) in [4.78, 5) is 10.6. The Morgan fingerprint density at radius 2 is 1.58 bits per heavy atom. The van der Waals surface area contributed by atoms with Gasteiger partial charge in [0.05, 0.1) is 12.6 Å². The molecule has 0 spiro atoms. The van der Waals surface area contributed by atoms with Crippen molar-refractivity contribution < 1.29 is 15.0 Å². The topological polar surface area (TPSA) is 69.6 Å². The molecule has 1 amide bonds. The van der Waals surface area contributed by atoms with Crippen LogP contribution in [0.3, 0.4) is 0 Å². The summed E-state index contributed by atoms with van der Waals surface area (Å²) in [6.07, 6.45) is -1.15. The van der Waals surface area contributed by atoms with Crippen molar-refractivity contribution in [3.63, 3.8) is 0 Å². The van der Waals surface area contributed by atoms with E-state index in [-0.39, 0.29) is 6.61 Å². The fraction of sp³-hybridized carbons (Fsp3) is 0.133. The highest BCUT2D eigenvalue weighted by atomic mass is 16.4. The third-order valence-corrected chi connectivity index (χ3v) is 2.90. The van der Waals surface area contributed by atoms with Crippen molar-refractivity contribution in [3.05, 3.63) is 60.2 Å². The van der Waals surface area contributed by atoms with Crippen LogP contribution in [0.25, 0.3) is 11.1 Å². The number of aliphatic hydroxyl groups excluding tert-OH is 1. The molecule has 0 fully saturated rings. The lowest BCUT2D eigenvalue weighted by Gasteiger charge is -2.14. The van der Waals surface area contributed by atoms with Crippen molar-refractivity contribution in [2.45, 2.75) is 6.04 Å². The first-order valence-corrected chi connectivity index (χ1v) is 5.96. The van der Waals surface area contributed by atoms with Crippen molar-refractivity contribution in [2.75, 3.05) is 6.61 Å². The van der Waals surface area contributed by atoms with Gasteiger partial charge in [0, 0.05) is 0 Å². The molecule has 0 aromatic heterocycles. The van der Waals surface area contributed by atoms with Crippen LogP contribution in [0.15, 0.2) is 54.6 Å². The van der Waals surface area contributed by atoms with Gasteiger partial charge in [0.15, 0.2) is 0 Å². The summed E-state index contributed by atoms with van der Waals surface area (Å²) < 4.78 is 0. The second kappa shape index (κ2) is 6.02. The summed E-state index contributed by atoms with van der Waals surface area (Å²) >= 11 is 0. The molecule has 4 nitrogen and oxygen atoms in total. The Labute approximate surface area is 111 Å². The summed E-state index contributed by atoms with van der Waals surface area (Å²) in [7, 11) is 0. The Bertz CT molecular complexity index is 537. The van der Waals surface area contributed by atoms with E-state index >= 15 is 0 Å². The van der Waals surface area contributed by atoms with Crippen LogP contribution in [-0.2, 0) is 0 Å². The number of hydrogen-bond donors (Lipinski definition) is 3. The maximum absolute atomic E-state index is 10.6. The minimum Gasteiger partial charge on any atom is -0.465 e. The summed E-state index contributed by atoms with van der Waals surface area (Å²) in [6, 6.07) is 16.8. The Balaban J connectivity index is 2.20. The molecule has 1 atom stereocenters. The van der Waals surface area contributed by atoms with Crippen LogP contribution >= 0.6 is 0 Å². The average molecular weight is 257 g/mol. The number of amides is 1. The van der Waals surface area contributed by atoms with Crippen LogP contribution in [0.4, 0.5) is 4.79 Å². The van der Waals surface area contributed by atoms with Crippen molar-refractivity contribution in [2.24, 2.45) is 0 Å². The van der Waals surface area contributed by atoms with E-state index in [4.69, 9.17) is 5.11 Å². The molecule has 0 bridgehead atoms. The van der Waals surface area contributed by atoms with Gasteiger partial charge in [0.25, 0.3) is 0 Å². The molecule has 0 aliphatic heterocycles. The number of benzene rings is 2. The van der Waals surface area contributed by atoms with Crippen molar-refractivity contribution >= 4 is 6.09 Å². The zero-order chi connectivity index (χ0) is 13.7. The van der Waals surface area contributed by atoms with Crippen molar-refractivity contribution in [3.8, 4) is 11.1 Å². The highest BCUT2D eigenvalue weighted by molar-refractivity contribution is 5.66. The molecule has 0 unspecified atom stereocenters. The van der Waals surface area contributed by atoms with Gasteiger partial charge in [0.1, 0.15) is 0 Å². The standard InChI is InChI=1S/C15H15NO3/c17-10-14(16-15(18)19)13-8-6-12(7-9-13)11-4-2-1-3-5-11/h1-9,14,16-17H,10H2,(H,18,19)/t14-/m1/s1. The fourth-order valence-corrected chi connectivity index (χ4v) is 1.92. The molecule has 0 saturated heterocycles. The van der Waals surface area contributed by atoms with E-state index in [1.54, 1.807) is 0 Å². The summed E-state index contributed by atoms with van der Waals surface area (Å²) in [5, 5.41) is 20.1. The van der Waals surface area contributed by atoms with Gasteiger partial charge in [0.2, 0.25) is 0 Å². The van der Waals surface area contributed by atoms with E-state index in [0.717, 1.165) is 16.7 Å². The Morgan fingerprint density at radius 1 is 1.00 bits per heavy atom. The monoisotopic (exact) mass is 257 g/mol. The quantitative estimate of drug-likeness (QED) is 0.788. The molecule has 2 rings (SSSR count). The van der Waals surface area contributed by atoms with Gasteiger partial charge >= 0.3 is 6.09 Å². The van der Waals surface area contributed by atoms with Crippen LogP contribution in [-0.4, -0.2) is 22.9 Å². The zero-order valence-electron chi connectivity index (χ0n) is 10.3. The molecular weight excluding hydrogens is 242 g/mol. The van der Waals surface area contributed by atoms with Gasteiger partial charge in [-0.15, -0.1) is 0 Å². The van der Waals surface area contributed by atoms with E-state index in [9.17, 15) is 9.90 Å². The van der Waals surface area contributed by atoms with Gasteiger partial charge in [-0.2, -0.15) is 0 Å². The third kappa shape index (κ3) is 3.33. The first-order valence-electron chi connectivity index (χ1n) is 5.96. The lowest BCUT2D eigenvalue weighted by Crippen LogP contribution is -2.29. The lowest BCUT2D eigenvalue weighted by molar-refractivity contribution is 0.177. The van der Waals surface area contributed by atoms with Crippen LogP contribution in [0.2, 0.25) is 0 Å². The molecule has 3 N–H and O–H groups in total. The maximum Gasteiger partial charge on any atom is 0.405 e. The summed E-state index contributed by atoms with van der Waals surface area (Å²) in [5.41, 5.74) is 2.89. The first-order chi connectivity index (χ1) is 9.20. The molecule has 0 radical (unpaired) electrons. The number of aliphatic hydroxyl groups is 1. The van der Waals surface area contributed by atoms with Crippen LogP contribution in [0.1, 0.15) is 11.6 Å². The van der Waals surface area contributed by atoms with Crippen LogP contribution < -0.4 is 5.32 Å². The number of nitrogens with one attached hydrogen (secondary N) is 1. The van der Waals surface area contributed by atoms with Gasteiger partial charge < -0.3 is 15.5 Å². The van der Waals surface area contributed by atoms with Crippen molar-refractivity contribution in [1.82, 2.24) is 5.32 Å². The van der Waals surface area contributed by atoms with E-state index in [1.807, 2.05) is 54.6 Å². The van der Waals surface area contributed by atoms with Gasteiger partial charge in [-0.05, 0) is 16.7 Å². The normalized spacial score (nSPS) is 11.8. The van der Waals surface area contributed by atoms with E-state index < -0.39 is 12.1 Å². The zero-order valence-corrected chi connectivity index (χ0v) is 10.3. The Kier molecular flexibility index (Phi) is 4.15. The molecular formula is C15H15NO3. The molecule has 0 saturated carbocycles. The van der Waals surface area contributed by atoms with Gasteiger partial charge in [-0.3, -0.25) is 0 Å². The molecule has 2 aromatic rings. The molecule has 0 aliphatic carbocycles. The third-order valence-electron chi connectivity index (χ3n) is 2.90. The highest BCUT2D eigenvalue weighted by Crippen LogP contribution is 2.21. The fourth-order valence-electron chi connectivity index (χ4n) is 1.92. The number of carboxylic acid groups (broad SMARTS) is 1. The van der Waals surface area contributed by atoms with Gasteiger partial charge in [-0.25, -0.2) is 4.79 Å². The first kappa shape index (κ1) is 13.1. The van der Waals surface area contributed by atoms with Crippen molar-refractivity contribution in [1.29, 1.82) is 0 Å².